The van der Waals surface area contributed by atoms with Crippen molar-refractivity contribution in [1.82, 2.24) is 9.97 Å². The van der Waals surface area contributed by atoms with Crippen molar-refractivity contribution in [1.29, 1.82) is 0 Å². The maximum atomic E-state index is 5.65. The Balaban J connectivity index is 2.19. The summed E-state index contributed by atoms with van der Waals surface area (Å²) in [6, 6.07) is 9.55. The van der Waals surface area contributed by atoms with E-state index in [1.807, 2.05) is 30.3 Å². The third-order valence-corrected chi connectivity index (χ3v) is 2.75. The van der Waals surface area contributed by atoms with Crippen molar-refractivity contribution in [3.63, 3.8) is 0 Å². The van der Waals surface area contributed by atoms with Gasteiger partial charge in [-0.15, -0.1) is 0 Å². The van der Waals surface area contributed by atoms with E-state index in [0.717, 1.165) is 21.1 Å². The minimum absolute atomic E-state index is 0.598. The van der Waals surface area contributed by atoms with Crippen molar-refractivity contribution in [2.24, 2.45) is 0 Å². The van der Waals surface area contributed by atoms with Gasteiger partial charge in [0.2, 0.25) is 5.89 Å². The second-order valence-corrected chi connectivity index (χ2v) is 4.29. The molecule has 0 saturated carbocycles. The maximum Gasteiger partial charge on any atom is 0.228 e. The number of rotatable bonds is 1. The highest BCUT2D eigenvalue weighted by Crippen LogP contribution is 2.25. The maximum absolute atomic E-state index is 5.65. The van der Waals surface area contributed by atoms with Crippen molar-refractivity contribution in [3.8, 4) is 11.5 Å². The molecule has 0 spiro atoms. The van der Waals surface area contributed by atoms with Crippen molar-refractivity contribution in [2.75, 3.05) is 0 Å². The van der Waals surface area contributed by atoms with Crippen LogP contribution in [-0.4, -0.2) is 9.97 Å². The number of benzene rings is 1. The standard InChI is InChI=1S/C12H7BrN2O/c13-9-3-4-10-11(6-9)16-12(15-10)8-2-1-5-14-7-8/h1-7H. The van der Waals surface area contributed by atoms with Crippen LogP contribution in [0.2, 0.25) is 0 Å². The summed E-state index contributed by atoms with van der Waals surface area (Å²) in [6.45, 7) is 0. The summed E-state index contributed by atoms with van der Waals surface area (Å²) < 4.78 is 6.63. The fourth-order valence-electron chi connectivity index (χ4n) is 1.51. The number of halogens is 1. The van der Waals surface area contributed by atoms with Crippen molar-refractivity contribution in [3.05, 3.63) is 47.2 Å². The lowest BCUT2D eigenvalue weighted by molar-refractivity contribution is 0.619. The SMILES string of the molecule is Brc1ccc2nc(-c3cccnc3)oc2c1. The summed E-state index contributed by atoms with van der Waals surface area (Å²) >= 11 is 3.40. The van der Waals surface area contributed by atoms with E-state index in [4.69, 9.17) is 4.42 Å². The minimum atomic E-state index is 0.598. The van der Waals surface area contributed by atoms with Crippen LogP contribution in [0.4, 0.5) is 0 Å². The molecule has 2 heterocycles. The van der Waals surface area contributed by atoms with E-state index in [-0.39, 0.29) is 0 Å². The van der Waals surface area contributed by atoms with Crippen LogP contribution in [0.5, 0.6) is 0 Å². The lowest BCUT2D eigenvalue weighted by Gasteiger charge is -1.91. The number of hydrogen-bond donors (Lipinski definition) is 0. The highest BCUT2D eigenvalue weighted by atomic mass is 79.9. The molecule has 78 valence electrons. The summed E-state index contributed by atoms with van der Waals surface area (Å²) in [6.07, 6.45) is 3.46. The molecule has 0 unspecified atom stereocenters. The fourth-order valence-corrected chi connectivity index (χ4v) is 1.85. The first-order chi connectivity index (χ1) is 7.83. The van der Waals surface area contributed by atoms with Crippen LogP contribution in [0.15, 0.2) is 51.6 Å². The van der Waals surface area contributed by atoms with Gasteiger partial charge in [0.05, 0.1) is 5.56 Å². The van der Waals surface area contributed by atoms with Gasteiger partial charge in [0.15, 0.2) is 5.58 Å². The van der Waals surface area contributed by atoms with Gasteiger partial charge in [-0.2, -0.15) is 0 Å². The third-order valence-electron chi connectivity index (χ3n) is 2.26. The van der Waals surface area contributed by atoms with Gasteiger partial charge in [-0.05, 0) is 30.3 Å². The quantitative estimate of drug-likeness (QED) is 0.680. The molecule has 0 saturated heterocycles. The zero-order valence-electron chi connectivity index (χ0n) is 8.22. The number of aromatic nitrogens is 2. The number of hydrogen-bond acceptors (Lipinski definition) is 3. The first-order valence-corrected chi connectivity index (χ1v) is 5.59. The molecule has 4 heteroatoms. The molecule has 0 N–H and O–H groups in total. The Kier molecular flexibility index (Phi) is 2.22. The second-order valence-electron chi connectivity index (χ2n) is 3.37. The van der Waals surface area contributed by atoms with Gasteiger partial charge in [-0.1, -0.05) is 15.9 Å². The van der Waals surface area contributed by atoms with Crippen LogP contribution in [0.3, 0.4) is 0 Å². The third kappa shape index (κ3) is 1.61. The Morgan fingerprint density at radius 1 is 1.19 bits per heavy atom. The molecule has 0 aliphatic rings. The van der Waals surface area contributed by atoms with E-state index in [1.54, 1.807) is 12.4 Å². The molecule has 0 aliphatic heterocycles. The van der Waals surface area contributed by atoms with Crippen molar-refractivity contribution in [2.45, 2.75) is 0 Å². The van der Waals surface area contributed by atoms with Crippen molar-refractivity contribution >= 4 is 27.0 Å². The molecule has 0 bridgehead atoms. The van der Waals surface area contributed by atoms with Gasteiger partial charge in [0.1, 0.15) is 5.52 Å². The Morgan fingerprint density at radius 2 is 2.12 bits per heavy atom. The van der Waals surface area contributed by atoms with E-state index in [0.29, 0.717) is 5.89 Å². The van der Waals surface area contributed by atoms with Gasteiger partial charge in [-0.3, -0.25) is 4.98 Å². The summed E-state index contributed by atoms with van der Waals surface area (Å²) in [5.74, 6) is 0.598. The number of nitrogens with zero attached hydrogens (tertiary/aromatic N) is 2. The lowest BCUT2D eigenvalue weighted by atomic mass is 10.3. The van der Waals surface area contributed by atoms with E-state index in [2.05, 4.69) is 25.9 Å². The predicted octanol–water partition coefficient (Wildman–Crippen LogP) is 3.65. The van der Waals surface area contributed by atoms with E-state index in [9.17, 15) is 0 Å². The van der Waals surface area contributed by atoms with E-state index in [1.165, 1.54) is 0 Å². The molecule has 3 nitrogen and oxygen atoms in total. The molecular formula is C12H7BrN2O. The summed E-state index contributed by atoms with van der Waals surface area (Å²) in [4.78, 5) is 8.44. The number of oxazole rings is 1. The van der Waals surface area contributed by atoms with Gasteiger partial charge in [0, 0.05) is 16.9 Å². The fraction of sp³-hybridized carbons (Fsp3) is 0. The monoisotopic (exact) mass is 274 g/mol. The molecule has 2 aromatic heterocycles. The molecule has 3 aromatic rings. The largest absolute Gasteiger partial charge is 0.436 e. The number of fused-ring (bicyclic) bond motifs is 1. The average molecular weight is 275 g/mol. The minimum Gasteiger partial charge on any atom is -0.436 e. The zero-order chi connectivity index (χ0) is 11.0. The molecule has 0 aliphatic carbocycles. The average Bonchev–Trinajstić information content (AvgIpc) is 2.73. The highest BCUT2D eigenvalue weighted by Gasteiger charge is 2.07. The van der Waals surface area contributed by atoms with Crippen molar-refractivity contribution < 1.29 is 4.42 Å². The molecule has 3 rings (SSSR count). The second kappa shape index (κ2) is 3.72. The Bertz CT molecular complexity index is 634. The molecule has 0 fully saturated rings. The predicted molar refractivity (Wildman–Crippen MR) is 64.9 cm³/mol. The Morgan fingerprint density at radius 3 is 2.94 bits per heavy atom. The van der Waals surface area contributed by atoms with Crippen LogP contribution in [0.1, 0.15) is 0 Å². The first-order valence-electron chi connectivity index (χ1n) is 4.79. The summed E-state index contributed by atoms with van der Waals surface area (Å²) in [5, 5.41) is 0. The van der Waals surface area contributed by atoms with Gasteiger partial charge in [0.25, 0.3) is 0 Å². The normalized spacial score (nSPS) is 10.8. The van der Waals surface area contributed by atoms with E-state index >= 15 is 0 Å². The van der Waals surface area contributed by atoms with Gasteiger partial charge >= 0.3 is 0 Å². The summed E-state index contributed by atoms with van der Waals surface area (Å²) in [5.41, 5.74) is 2.50. The molecule has 0 radical (unpaired) electrons. The molecule has 16 heavy (non-hydrogen) atoms. The molecular weight excluding hydrogens is 268 g/mol. The van der Waals surface area contributed by atoms with Gasteiger partial charge < -0.3 is 4.42 Å². The first kappa shape index (κ1) is 9.54. The van der Waals surface area contributed by atoms with Crippen LogP contribution in [0.25, 0.3) is 22.6 Å². The zero-order valence-corrected chi connectivity index (χ0v) is 9.81. The Labute approximate surface area is 100 Å². The van der Waals surface area contributed by atoms with Gasteiger partial charge in [-0.25, -0.2) is 4.98 Å². The summed E-state index contributed by atoms with van der Waals surface area (Å²) in [7, 11) is 0. The van der Waals surface area contributed by atoms with Crippen LogP contribution >= 0.6 is 15.9 Å². The molecule has 0 atom stereocenters. The number of pyridine rings is 1. The molecule has 0 amide bonds. The van der Waals surface area contributed by atoms with Crippen LogP contribution < -0.4 is 0 Å². The van der Waals surface area contributed by atoms with E-state index < -0.39 is 0 Å². The Hall–Kier alpha value is -1.68. The van der Waals surface area contributed by atoms with Crippen LogP contribution in [-0.2, 0) is 0 Å². The molecule has 1 aromatic carbocycles. The topological polar surface area (TPSA) is 38.9 Å². The highest BCUT2D eigenvalue weighted by molar-refractivity contribution is 9.10. The lowest BCUT2D eigenvalue weighted by Crippen LogP contribution is -1.77. The van der Waals surface area contributed by atoms with Crippen LogP contribution in [0, 0.1) is 0 Å². The smallest absolute Gasteiger partial charge is 0.228 e.